The number of ether oxygens (including phenoxy) is 1. The van der Waals surface area contributed by atoms with E-state index in [-0.39, 0.29) is 13.0 Å². The number of nitriles is 1. The summed E-state index contributed by atoms with van der Waals surface area (Å²) >= 11 is -3.06. The van der Waals surface area contributed by atoms with E-state index in [9.17, 15) is 18.1 Å². The number of carbonyl (C=O) groups is 1. The van der Waals surface area contributed by atoms with Crippen molar-refractivity contribution in [1.82, 2.24) is 0 Å². The third-order valence-electron chi connectivity index (χ3n) is 1.57. The van der Waals surface area contributed by atoms with E-state index in [1.54, 1.807) is 6.07 Å². The van der Waals surface area contributed by atoms with Crippen LogP contribution in [0.15, 0.2) is 0 Å². The largest absolute Gasteiger partial charge is 0.750 e. The topological polar surface area (TPSA) is 126 Å². The van der Waals surface area contributed by atoms with Gasteiger partial charge in [0.05, 0.1) is 31.0 Å². The first-order valence-electron chi connectivity index (χ1n) is 4.23. The Balaban J connectivity index is 4.80. The standard InChI is InChI=1S/C7H10NO7PS/c1-7(15-17(11)12,16(10)13-2)6(9)14-5-3-4-8/h3,5H2,1-2H3. The fourth-order valence-corrected chi connectivity index (χ4v) is 2.09. The van der Waals surface area contributed by atoms with Crippen molar-refractivity contribution in [2.24, 2.45) is 0 Å². The van der Waals surface area contributed by atoms with E-state index in [1.165, 1.54) is 0 Å². The first kappa shape index (κ1) is 16.1. The van der Waals surface area contributed by atoms with Gasteiger partial charge in [-0.15, -0.1) is 4.52 Å². The highest BCUT2D eigenvalue weighted by molar-refractivity contribution is 7.74. The predicted molar refractivity (Wildman–Crippen MR) is 54.2 cm³/mol. The minimum Gasteiger partial charge on any atom is -0.750 e. The summed E-state index contributed by atoms with van der Waals surface area (Å²) in [5.74, 6) is -1.18. The molecule has 0 aliphatic heterocycles. The lowest BCUT2D eigenvalue weighted by Gasteiger charge is -2.17. The second-order valence-corrected chi connectivity index (χ2v) is 5.06. The maximum atomic E-state index is 11.5. The molecular weight excluding hydrogens is 273 g/mol. The maximum absolute atomic E-state index is 11.5. The third kappa shape index (κ3) is 4.85. The summed E-state index contributed by atoms with van der Waals surface area (Å²) in [6.45, 7) is 0.701. The van der Waals surface area contributed by atoms with Crippen molar-refractivity contribution in [2.45, 2.75) is 18.7 Å². The Morgan fingerprint density at radius 1 is 1.65 bits per heavy atom. The molecule has 96 valence electrons. The van der Waals surface area contributed by atoms with Gasteiger partial charge in [-0.1, -0.05) is 0 Å². The summed E-state index contributed by atoms with van der Waals surface area (Å²) in [7, 11) is -1.71. The smallest absolute Gasteiger partial charge is 0.556 e. The van der Waals surface area contributed by atoms with Crippen molar-refractivity contribution in [3.63, 3.8) is 0 Å². The van der Waals surface area contributed by atoms with Gasteiger partial charge in [0, 0.05) is 6.92 Å². The zero-order valence-electron chi connectivity index (χ0n) is 9.07. The Labute approximate surface area is 101 Å². The summed E-state index contributed by atoms with van der Waals surface area (Å²) in [6.07, 6.45) is -0.0773. The Kier molecular flexibility index (Phi) is 7.03. The lowest BCUT2D eigenvalue weighted by Crippen LogP contribution is -2.37. The second kappa shape index (κ2) is 7.42. The number of hydrogen-bond acceptors (Lipinski definition) is 8. The molecule has 0 aromatic rings. The molecule has 8 nitrogen and oxygen atoms in total. The van der Waals surface area contributed by atoms with Gasteiger partial charge in [-0.05, 0) is 4.57 Å². The molecule has 17 heavy (non-hydrogen) atoms. The SMILES string of the molecule is CO[P+](=O)C(C)(OS(=O)[O-])C(=O)OCCC#N. The van der Waals surface area contributed by atoms with Gasteiger partial charge < -0.3 is 9.29 Å². The molecule has 3 unspecified atom stereocenters. The molecule has 0 aliphatic carbocycles. The van der Waals surface area contributed by atoms with Crippen LogP contribution in [-0.2, 0) is 34.2 Å². The van der Waals surface area contributed by atoms with Gasteiger partial charge >= 0.3 is 19.3 Å². The molecule has 0 aliphatic rings. The molecule has 0 fully saturated rings. The molecule has 0 saturated carbocycles. The Bertz CT molecular complexity index is 368. The highest BCUT2D eigenvalue weighted by atomic mass is 32.2. The molecule has 0 heterocycles. The van der Waals surface area contributed by atoms with Crippen LogP contribution in [0.2, 0.25) is 0 Å². The van der Waals surface area contributed by atoms with Crippen LogP contribution in [0, 0.1) is 11.3 Å². The van der Waals surface area contributed by atoms with Crippen LogP contribution in [0.1, 0.15) is 13.3 Å². The fraction of sp³-hybridized carbons (Fsp3) is 0.714. The van der Waals surface area contributed by atoms with E-state index in [0.29, 0.717) is 0 Å². The van der Waals surface area contributed by atoms with E-state index in [4.69, 9.17) is 5.26 Å². The number of nitrogens with zero attached hydrogens (tertiary/aromatic N) is 1. The van der Waals surface area contributed by atoms with Gasteiger partial charge in [-0.2, -0.15) is 5.26 Å². The number of hydrogen-bond donors (Lipinski definition) is 0. The van der Waals surface area contributed by atoms with Gasteiger partial charge in [-0.25, -0.2) is 13.2 Å². The molecule has 10 heteroatoms. The molecule has 0 bridgehead atoms. The van der Waals surface area contributed by atoms with Crippen molar-refractivity contribution in [2.75, 3.05) is 13.7 Å². The molecule has 0 N–H and O–H groups in total. The van der Waals surface area contributed by atoms with Crippen molar-refractivity contribution in [3.05, 3.63) is 0 Å². The van der Waals surface area contributed by atoms with Crippen molar-refractivity contribution < 1.29 is 31.6 Å². The molecule has 0 spiro atoms. The van der Waals surface area contributed by atoms with E-state index < -0.39 is 30.7 Å². The van der Waals surface area contributed by atoms with Crippen molar-refractivity contribution in [1.29, 1.82) is 5.26 Å². The van der Waals surface area contributed by atoms with Crippen LogP contribution in [0.25, 0.3) is 0 Å². The Morgan fingerprint density at radius 3 is 2.65 bits per heavy atom. The minimum atomic E-state index is -3.06. The second-order valence-electron chi connectivity index (χ2n) is 2.75. The normalized spacial score (nSPS) is 16.5. The van der Waals surface area contributed by atoms with Crippen LogP contribution >= 0.6 is 8.03 Å². The molecular formula is C7H10NO7PS. The molecule has 3 atom stereocenters. The van der Waals surface area contributed by atoms with E-state index in [1.807, 2.05) is 0 Å². The monoisotopic (exact) mass is 283 g/mol. The van der Waals surface area contributed by atoms with Gasteiger partial charge in [-0.3, -0.25) is 0 Å². The van der Waals surface area contributed by atoms with Crippen LogP contribution in [-0.4, -0.2) is 33.8 Å². The van der Waals surface area contributed by atoms with Crippen LogP contribution in [0.4, 0.5) is 0 Å². The summed E-state index contributed by atoms with van der Waals surface area (Å²) in [6, 6.07) is 1.71. The first-order chi connectivity index (χ1) is 7.88. The van der Waals surface area contributed by atoms with Gasteiger partial charge in [0.2, 0.25) is 0 Å². The summed E-state index contributed by atoms with van der Waals surface area (Å²) < 4.78 is 45.4. The zero-order chi connectivity index (χ0) is 13.5. The van der Waals surface area contributed by atoms with E-state index in [0.717, 1.165) is 14.0 Å². The average Bonchev–Trinajstić information content (AvgIpc) is 2.26. The third-order valence-corrected chi connectivity index (χ3v) is 3.47. The minimum absolute atomic E-state index is 0.0773. The zero-order valence-corrected chi connectivity index (χ0v) is 10.8. The highest BCUT2D eigenvalue weighted by Gasteiger charge is 2.58. The predicted octanol–water partition coefficient (Wildman–Crippen LogP) is 0.359. The molecule has 0 aromatic heterocycles. The Morgan fingerprint density at radius 2 is 2.24 bits per heavy atom. The fourth-order valence-electron chi connectivity index (χ4n) is 0.769. The molecule has 0 saturated heterocycles. The van der Waals surface area contributed by atoms with E-state index >= 15 is 0 Å². The lowest BCUT2D eigenvalue weighted by atomic mass is 10.4. The summed E-state index contributed by atoms with van der Waals surface area (Å²) in [5, 5.41) is 5.97. The maximum Gasteiger partial charge on any atom is 0.556 e. The van der Waals surface area contributed by atoms with Crippen molar-refractivity contribution in [3.8, 4) is 6.07 Å². The van der Waals surface area contributed by atoms with Gasteiger partial charge in [0.25, 0.3) is 0 Å². The summed E-state index contributed by atoms with van der Waals surface area (Å²) in [5.41, 5.74) is 0. The average molecular weight is 283 g/mol. The van der Waals surface area contributed by atoms with Gasteiger partial charge in [0.1, 0.15) is 6.61 Å². The lowest BCUT2D eigenvalue weighted by molar-refractivity contribution is -0.154. The molecule has 0 amide bonds. The number of esters is 1. The first-order valence-corrected chi connectivity index (χ1v) is 6.40. The molecule has 0 aromatic carbocycles. The van der Waals surface area contributed by atoms with Crippen LogP contribution in [0.3, 0.4) is 0 Å². The van der Waals surface area contributed by atoms with Gasteiger partial charge in [0.15, 0.2) is 0 Å². The van der Waals surface area contributed by atoms with E-state index in [2.05, 4.69) is 13.4 Å². The summed E-state index contributed by atoms with van der Waals surface area (Å²) in [4.78, 5) is 11.5. The van der Waals surface area contributed by atoms with Crippen LogP contribution in [0.5, 0.6) is 0 Å². The quantitative estimate of drug-likeness (QED) is 0.283. The Hall–Kier alpha value is -0.910. The van der Waals surface area contributed by atoms with Crippen LogP contribution < -0.4 is 0 Å². The number of carbonyl (C=O) groups excluding carboxylic acids is 1. The number of rotatable bonds is 7. The van der Waals surface area contributed by atoms with Crippen molar-refractivity contribution >= 4 is 25.4 Å². The molecule has 0 rings (SSSR count). The molecule has 0 radical (unpaired) electrons. The highest BCUT2D eigenvalue weighted by Crippen LogP contribution is 2.41.